The topological polar surface area (TPSA) is 86.6 Å². The number of halogens is 2. The van der Waals surface area contributed by atoms with Crippen molar-refractivity contribution in [2.75, 3.05) is 6.61 Å². The number of carboxylic acid groups (broad SMARTS) is 1. The predicted octanol–water partition coefficient (Wildman–Crippen LogP) is 1.28. The van der Waals surface area contributed by atoms with Crippen LogP contribution in [0.5, 0.6) is 0 Å². The van der Waals surface area contributed by atoms with Crippen LogP contribution in [0.2, 0.25) is 5.02 Å². The molecule has 7 heteroatoms. The highest BCUT2D eigenvalue weighted by molar-refractivity contribution is 9.10. The van der Waals surface area contributed by atoms with E-state index in [9.17, 15) is 9.59 Å². The third-order valence-electron chi connectivity index (χ3n) is 1.96. The first-order chi connectivity index (χ1) is 7.95. The van der Waals surface area contributed by atoms with Crippen molar-refractivity contribution < 1.29 is 19.8 Å². The maximum Gasteiger partial charge on any atom is 0.328 e. The molecule has 1 atom stereocenters. The summed E-state index contributed by atoms with van der Waals surface area (Å²) in [6.45, 7) is -0.688. The van der Waals surface area contributed by atoms with Crippen molar-refractivity contribution in [2.24, 2.45) is 0 Å². The van der Waals surface area contributed by atoms with E-state index in [0.29, 0.717) is 4.47 Å². The molecule has 0 saturated heterocycles. The molecule has 0 aromatic heterocycles. The second-order valence-corrected chi connectivity index (χ2v) is 4.49. The number of hydrogen-bond acceptors (Lipinski definition) is 3. The van der Waals surface area contributed by atoms with Crippen LogP contribution >= 0.6 is 27.5 Å². The zero-order valence-electron chi connectivity index (χ0n) is 8.48. The van der Waals surface area contributed by atoms with Crippen molar-refractivity contribution in [3.63, 3.8) is 0 Å². The third kappa shape index (κ3) is 3.69. The Bertz CT molecular complexity index is 452. The molecule has 1 unspecified atom stereocenters. The first kappa shape index (κ1) is 14.0. The van der Waals surface area contributed by atoms with Crippen molar-refractivity contribution in [3.8, 4) is 0 Å². The first-order valence-electron chi connectivity index (χ1n) is 4.55. The average Bonchev–Trinajstić information content (AvgIpc) is 2.28. The molecule has 0 spiro atoms. The van der Waals surface area contributed by atoms with Crippen LogP contribution in [0.3, 0.4) is 0 Å². The Morgan fingerprint density at radius 1 is 1.47 bits per heavy atom. The number of benzene rings is 1. The highest BCUT2D eigenvalue weighted by atomic mass is 79.9. The molecule has 17 heavy (non-hydrogen) atoms. The molecule has 1 aromatic rings. The van der Waals surface area contributed by atoms with E-state index in [-0.39, 0.29) is 10.6 Å². The molecule has 0 radical (unpaired) electrons. The van der Waals surface area contributed by atoms with Crippen LogP contribution in [-0.2, 0) is 4.79 Å². The van der Waals surface area contributed by atoms with E-state index < -0.39 is 24.5 Å². The van der Waals surface area contributed by atoms with Crippen LogP contribution in [0.15, 0.2) is 22.7 Å². The Morgan fingerprint density at radius 2 is 2.12 bits per heavy atom. The molecule has 3 N–H and O–H groups in total. The SMILES string of the molecule is O=C(NC(CO)C(=O)O)c1cc(Br)ccc1Cl. The van der Waals surface area contributed by atoms with Gasteiger partial charge in [-0.25, -0.2) is 4.79 Å². The number of amides is 1. The number of aliphatic hydroxyl groups is 1. The van der Waals surface area contributed by atoms with Crippen molar-refractivity contribution in [3.05, 3.63) is 33.3 Å². The van der Waals surface area contributed by atoms with E-state index in [1.54, 1.807) is 6.07 Å². The Morgan fingerprint density at radius 3 is 2.65 bits per heavy atom. The Labute approximate surface area is 111 Å². The number of carbonyl (C=O) groups is 2. The monoisotopic (exact) mass is 321 g/mol. The van der Waals surface area contributed by atoms with Crippen molar-refractivity contribution in [1.82, 2.24) is 5.32 Å². The minimum Gasteiger partial charge on any atom is -0.480 e. The lowest BCUT2D eigenvalue weighted by molar-refractivity contribution is -0.140. The summed E-state index contributed by atoms with van der Waals surface area (Å²) in [6.07, 6.45) is 0. The maximum atomic E-state index is 11.7. The Balaban J connectivity index is 2.89. The summed E-state index contributed by atoms with van der Waals surface area (Å²) >= 11 is 8.98. The number of aliphatic hydroxyl groups excluding tert-OH is 1. The van der Waals surface area contributed by atoms with Gasteiger partial charge < -0.3 is 15.5 Å². The lowest BCUT2D eigenvalue weighted by Crippen LogP contribution is -2.43. The Hall–Kier alpha value is -1.11. The summed E-state index contributed by atoms with van der Waals surface area (Å²) < 4.78 is 0.642. The zero-order chi connectivity index (χ0) is 13.0. The fourth-order valence-electron chi connectivity index (χ4n) is 1.09. The van der Waals surface area contributed by atoms with Gasteiger partial charge in [0.25, 0.3) is 5.91 Å². The molecule has 0 aliphatic carbocycles. The molecule has 0 aliphatic heterocycles. The van der Waals surface area contributed by atoms with E-state index in [1.165, 1.54) is 12.1 Å². The van der Waals surface area contributed by atoms with Gasteiger partial charge in [0.1, 0.15) is 0 Å². The number of hydrogen-bond donors (Lipinski definition) is 3. The fraction of sp³-hybridized carbons (Fsp3) is 0.200. The van der Waals surface area contributed by atoms with Crippen molar-refractivity contribution in [2.45, 2.75) is 6.04 Å². The van der Waals surface area contributed by atoms with Gasteiger partial charge in [-0.15, -0.1) is 0 Å². The maximum absolute atomic E-state index is 11.7. The summed E-state index contributed by atoms with van der Waals surface area (Å²) in [6, 6.07) is 3.28. The average molecular weight is 323 g/mol. The van der Waals surface area contributed by atoms with E-state index in [2.05, 4.69) is 21.2 Å². The number of aliphatic carboxylic acids is 1. The lowest BCUT2D eigenvalue weighted by Gasteiger charge is -2.12. The number of carbonyl (C=O) groups excluding carboxylic acids is 1. The Kier molecular flexibility index (Phi) is 4.92. The van der Waals surface area contributed by atoms with Crippen LogP contribution in [0.4, 0.5) is 0 Å². The quantitative estimate of drug-likeness (QED) is 0.779. The van der Waals surface area contributed by atoms with Gasteiger partial charge in [0.15, 0.2) is 6.04 Å². The molecule has 0 aliphatic rings. The van der Waals surface area contributed by atoms with Gasteiger partial charge in [-0.05, 0) is 18.2 Å². The molecule has 5 nitrogen and oxygen atoms in total. The second-order valence-electron chi connectivity index (χ2n) is 3.17. The van der Waals surface area contributed by atoms with Crippen molar-refractivity contribution >= 4 is 39.4 Å². The van der Waals surface area contributed by atoms with Gasteiger partial charge in [-0.2, -0.15) is 0 Å². The molecule has 1 rings (SSSR count). The highest BCUT2D eigenvalue weighted by Gasteiger charge is 2.20. The summed E-state index contributed by atoms with van der Waals surface area (Å²) in [5, 5.41) is 19.8. The first-order valence-corrected chi connectivity index (χ1v) is 5.72. The molecule has 92 valence electrons. The lowest BCUT2D eigenvalue weighted by atomic mass is 10.2. The largest absolute Gasteiger partial charge is 0.480 e. The number of nitrogens with one attached hydrogen (secondary N) is 1. The molecule has 0 heterocycles. The van der Waals surface area contributed by atoms with Gasteiger partial charge >= 0.3 is 5.97 Å². The fourth-order valence-corrected chi connectivity index (χ4v) is 1.66. The van der Waals surface area contributed by atoms with Gasteiger partial charge in [0, 0.05) is 4.47 Å². The summed E-state index contributed by atoms with van der Waals surface area (Å²) in [5.74, 6) is -1.97. The molecule has 1 aromatic carbocycles. The van der Waals surface area contributed by atoms with E-state index >= 15 is 0 Å². The molecule has 0 bridgehead atoms. The van der Waals surface area contributed by atoms with Crippen LogP contribution < -0.4 is 5.32 Å². The molecule has 0 fully saturated rings. The second kappa shape index (κ2) is 6.00. The van der Waals surface area contributed by atoms with Crippen LogP contribution in [-0.4, -0.2) is 34.7 Å². The number of rotatable bonds is 4. The van der Waals surface area contributed by atoms with E-state index in [4.69, 9.17) is 21.8 Å². The van der Waals surface area contributed by atoms with Crippen LogP contribution in [0.1, 0.15) is 10.4 Å². The molecule has 1 amide bonds. The minimum absolute atomic E-state index is 0.140. The third-order valence-corrected chi connectivity index (χ3v) is 2.78. The summed E-state index contributed by atoms with van der Waals surface area (Å²) in [5.41, 5.74) is 0.140. The molecule has 0 saturated carbocycles. The molecular formula is C10H9BrClNO4. The minimum atomic E-state index is -1.35. The van der Waals surface area contributed by atoms with Gasteiger partial charge in [-0.3, -0.25) is 4.79 Å². The summed E-state index contributed by atoms with van der Waals surface area (Å²) in [7, 11) is 0. The van der Waals surface area contributed by atoms with E-state index in [0.717, 1.165) is 0 Å². The normalized spacial score (nSPS) is 11.9. The van der Waals surface area contributed by atoms with Gasteiger partial charge in [-0.1, -0.05) is 27.5 Å². The molecular weight excluding hydrogens is 313 g/mol. The highest BCUT2D eigenvalue weighted by Crippen LogP contribution is 2.20. The summed E-state index contributed by atoms with van der Waals surface area (Å²) in [4.78, 5) is 22.3. The van der Waals surface area contributed by atoms with Crippen LogP contribution in [0.25, 0.3) is 0 Å². The standard InChI is InChI=1S/C10H9BrClNO4/c11-5-1-2-7(12)6(3-5)9(15)13-8(4-14)10(16)17/h1-3,8,14H,4H2,(H,13,15)(H,16,17). The van der Waals surface area contributed by atoms with Crippen molar-refractivity contribution in [1.29, 1.82) is 0 Å². The zero-order valence-corrected chi connectivity index (χ0v) is 10.8. The number of carboxylic acids is 1. The smallest absolute Gasteiger partial charge is 0.328 e. The van der Waals surface area contributed by atoms with E-state index in [1.807, 2.05) is 0 Å². The van der Waals surface area contributed by atoms with Gasteiger partial charge in [0.2, 0.25) is 0 Å². The van der Waals surface area contributed by atoms with Gasteiger partial charge in [0.05, 0.1) is 17.2 Å². The predicted molar refractivity (Wildman–Crippen MR) is 65.1 cm³/mol. The van der Waals surface area contributed by atoms with Crippen LogP contribution in [0, 0.1) is 0 Å².